The molecule has 1 fully saturated rings. The fraction of sp³-hybridized carbons (Fsp3) is 0.235. The number of amides is 1. The molecule has 2 atom stereocenters. The molecule has 0 unspecified atom stereocenters. The standard InChI is InChI=1S/C17H15F3N2O2/c1-24-13-4-2-3-12(9-13)22-15(14(21)16(22)23)10-5-7-11(8-6-10)17(18,19)20/h2-9,14-15H,21H2,1H3/t14-,15+/m1/s1. The third-order valence-electron chi connectivity index (χ3n) is 4.05. The van der Waals surface area contributed by atoms with Crippen molar-refractivity contribution in [3.05, 3.63) is 59.7 Å². The van der Waals surface area contributed by atoms with Gasteiger partial charge in [-0.1, -0.05) is 18.2 Å². The van der Waals surface area contributed by atoms with E-state index >= 15 is 0 Å². The molecular weight excluding hydrogens is 321 g/mol. The predicted octanol–water partition coefficient (Wildman–Crippen LogP) is 3.13. The van der Waals surface area contributed by atoms with Crippen molar-refractivity contribution in [2.75, 3.05) is 12.0 Å². The highest BCUT2D eigenvalue weighted by molar-refractivity contribution is 6.05. The van der Waals surface area contributed by atoms with Crippen molar-refractivity contribution >= 4 is 11.6 Å². The monoisotopic (exact) mass is 336 g/mol. The maximum Gasteiger partial charge on any atom is 0.416 e. The zero-order valence-electron chi connectivity index (χ0n) is 12.7. The number of alkyl halides is 3. The van der Waals surface area contributed by atoms with Crippen LogP contribution in [0.5, 0.6) is 5.75 Å². The van der Waals surface area contributed by atoms with E-state index in [9.17, 15) is 18.0 Å². The fourth-order valence-electron chi connectivity index (χ4n) is 2.79. The highest BCUT2D eigenvalue weighted by Gasteiger charge is 2.46. The number of β-lactam (4-membered cyclic amide) rings is 1. The van der Waals surface area contributed by atoms with Crippen LogP contribution >= 0.6 is 0 Å². The van der Waals surface area contributed by atoms with Gasteiger partial charge in [0.25, 0.3) is 0 Å². The van der Waals surface area contributed by atoms with Crippen LogP contribution in [-0.2, 0) is 11.0 Å². The van der Waals surface area contributed by atoms with Crippen molar-refractivity contribution in [3.63, 3.8) is 0 Å². The summed E-state index contributed by atoms with van der Waals surface area (Å²) in [5, 5.41) is 0. The minimum atomic E-state index is -4.40. The van der Waals surface area contributed by atoms with Crippen molar-refractivity contribution in [2.24, 2.45) is 5.73 Å². The van der Waals surface area contributed by atoms with Gasteiger partial charge in [0.1, 0.15) is 11.8 Å². The summed E-state index contributed by atoms with van der Waals surface area (Å²) in [5.41, 5.74) is 6.28. The van der Waals surface area contributed by atoms with Crippen molar-refractivity contribution in [1.29, 1.82) is 0 Å². The number of hydrogen-bond donors (Lipinski definition) is 1. The summed E-state index contributed by atoms with van der Waals surface area (Å²) in [4.78, 5) is 13.6. The Hall–Kier alpha value is -2.54. The molecule has 7 heteroatoms. The van der Waals surface area contributed by atoms with Crippen LogP contribution in [0.3, 0.4) is 0 Å². The Kier molecular flexibility index (Phi) is 3.96. The third-order valence-corrected chi connectivity index (χ3v) is 4.05. The molecule has 24 heavy (non-hydrogen) atoms. The van der Waals surface area contributed by atoms with E-state index in [-0.39, 0.29) is 5.91 Å². The van der Waals surface area contributed by atoms with Gasteiger partial charge in [0.15, 0.2) is 0 Å². The lowest BCUT2D eigenvalue weighted by atomic mass is 9.88. The lowest BCUT2D eigenvalue weighted by molar-refractivity contribution is -0.137. The van der Waals surface area contributed by atoms with E-state index in [4.69, 9.17) is 10.5 Å². The molecule has 0 saturated carbocycles. The van der Waals surface area contributed by atoms with Crippen LogP contribution in [0.2, 0.25) is 0 Å². The normalized spacial score (nSPS) is 20.7. The number of nitrogens with zero attached hydrogens (tertiary/aromatic N) is 1. The van der Waals surface area contributed by atoms with E-state index in [1.165, 1.54) is 24.1 Å². The van der Waals surface area contributed by atoms with Crippen LogP contribution in [0.1, 0.15) is 17.2 Å². The van der Waals surface area contributed by atoms with Crippen LogP contribution in [0.4, 0.5) is 18.9 Å². The average molecular weight is 336 g/mol. The first kappa shape index (κ1) is 16.3. The summed E-state index contributed by atoms with van der Waals surface area (Å²) in [6, 6.07) is 10.3. The van der Waals surface area contributed by atoms with Gasteiger partial charge in [-0.2, -0.15) is 13.2 Å². The molecule has 0 spiro atoms. The Morgan fingerprint density at radius 2 is 1.79 bits per heavy atom. The molecule has 1 heterocycles. The van der Waals surface area contributed by atoms with E-state index < -0.39 is 23.8 Å². The molecule has 3 rings (SSSR count). The number of hydrogen-bond acceptors (Lipinski definition) is 3. The average Bonchev–Trinajstić information content (AvgIpc) is 2.58. The van der Waals surface area contributed by atoms with Crippen LogP contribution < -0.4 is 15.4 Å². The minimum absolute atomic E-state index is 0.284. The van der Waals surface area contributed by atoms with Gasteiger partial charge < -0.3 is 15.4 Å². The molecular formula is C17H15F3N2O2. The van der Waals surface area contributed by atoms with Gasteiger partial charge in [-0.25, -0.2) is 0 Å². The van der Waals surface area contributed by atoms with Gasteiger partial charge in [-0.05, 0) is 29.8 Å². The van der Waals surface area contributed by atoms with E-state index in [2.05, 4.69) is 0 Å². The molecule has 0 aliphatic carbocycles. The molecule has 0 radical (unpaired) electrons. The Bertz CT molecular complexity index is 759. The maximum absolute atomic E-state index is 12.7. The predicted molar refractivity (Wildman–Crippen MR) is 82.6 cm³/mol. The van der Waals surface area contributed by atoms with E-state index in [1.54, 1.807) is 24.3 Å². The molecule has 0 bridgehead atoms. The molecule has 2 aromatic carbocycles. The topological polar surface area (TPSA) is 55.6 Å². The Balaban J connectivity index is 1.92. The number of halogens is 3. The minimum Gasteiger partial charge on any atom is -0.497 e. The number of rotatable bonds is 3. The summed E-state index contributed by atoms with van der Waals surface area (Å²) in [6.07, 6.45) is -4.40. The Morgan fingerprint density at radius 1 is 1.12 bits per heavy atom. The highest BCUT2D eigenvalue weighted by atomic mass is 19.4. The van der Waals surface area contributed by atoms with Crippen LogP contribution in [0.15, 0.2) is 48.5 Å². The number of carbonyl (C=O) groups is 1. The van der Waals surface area contributed by atoms with E-state index in [0.29, 0.717) is 17.0 Å². The summed E-state index contributed by atoms with van der Waals surface area (Å²) in [7, 11) is 1.51. The SMILES string of the molecule is COc1cccc(N2C(=O)[C@H](N)[C@@H]2c2ccc(C(F)(F)F)cc2)c1. The first-order valence-corrected chi connectivity index (χ1v) is 7.23. The van der Waals surface area contributed by atoms with Gasteiger partial charge in [-0.15, -0.1) is 0 Å². The molecule has 1 aliphatic heterocycles. The summed E-state index contributed by atoms with van der Waals surface area (Å²) < 4.78 is 43.2. The molecule has 1 amide bonds. The summed E-state index contributed by atoms with van der Waals surface area (Å²) >= 11 is 0. The van der Waals surface area contributed by atoms with Crippen LogP contribution in [-0.4, -0.2) is 19.1 Å². The zero-order chi connectivity index (χ0) is 17.5. The first-order valence-electron chi connectivity index (χ1n) is 7.23. The van der Waals surface area contributed by atoms with Crippen molar-refractivity contribution in [3.8, 4) is 5.75 Å². The molecule has 2 aromatic rings. The number of carbonyl (C=O) groups excluding carboxylic acids is 1. The number of nitrogens with two attached hydrogens (primary N) is 1. The first-order chi connectivity index (χ1) is 11.3. The van der Waals surface area contributed by atoms with Crippen LogP contribution in [0, 0.1) is 0 Å². The fourth-order valence-corrected chi connectivity index (χ4v) is 2.79. The smallest absolute Gasteiger partial charge is 0.416 e. The van der Waals surface area contributed by atoms with E-state index in [0.717, 1.165) is 12.1 Å². The number of benzene rings is 2. The highest BCUT2D eigenvalue weighted by Crippen LogP contribution is 2.40. The summed E-state index contributed by atoms with van der Waals surface area (Å²) in [6.45, 7) is 0. The molecule has 126 valence electrons. The molecule has 1 aliphatic rings. The second kappa shape index (κ2) is 5.83. The van der Waals surface area contributed by atoms with Gasteiger partial charge in [0.2, 0.25) is 5.91 Å². The van der Waals surface area contributed by atoms with Gasteiger partial charge in [0.05, 0.1) is 18.7 Å². The molecule has 4 nitrogen and oxygen atoms in total. The van der Waals surface area contributed by atoms with Gasteiger partial charge >= 0.3 is 6.18 Å². The molecule has 2 N–H and O–H groups in total. The Labute approximate surface area is 136 Å². The molecule has 0 aromatic heterocycles. The second-order valence-corrected chi connectivity index (χ2v) is 5.50. The van der Waals surface area contributed by atoms with Crippen molar-refractivity contribution in [2.45, 2.75) is 18.3 Å². The molecule has 1 saturated heterocycles. The lowest BCUT2D eigenvalue weighted by Gasteiger charge is -2.45. The summed E-state index contributed by atoms with van der Waals surface area (Å²) in [5.74, 6) is 0.292. The Morgan fingerprint density at radius 3 is 2.38 bits per heavy atom. The van der Waals surface area contributed by atoms with Crippen molar-refractivity contribution in [1.82, 2.24) is 0 Å². The quantitative estimate of drug-likeness (QED) is 0.876. The second-order valence-electron chi connectivity index (χ2n) is 5.50. The number of anilines is 1. The largest absolute Gasteiger partial charge is 0.497 e. The van der Waals surface area contributed by atoms with Gasteiger partial charge in [0, 0.05) is 11.8 Å². The number of ether oxygens (including phenoxy) is 1. The maximum atomic E-state index is 12.7. The zero-order valence-corrected chi connectivity index (χ0v) is 12.7. The van der Waals surface area contributed by atoms with Gasteiger partial charge in [-0.3, -0.25) is 4.79 Å². The number of methoxy groups -OCH3 is 1. The third kappa shape index (κ3) is 2.71. The lowest BCUT2D eigenvalue weighted by Crippen LogP contribution is -2.63. The van der Waals surface area contributed by atoms with E-state index in [1.807, 2.05) is 0 Å². The van der Waals surface area contributed by atoms with Crippen molar-refractivity contribution < 1.29 is 22.7 Å². The van der Waals surface area contributed by atoms with Crippen LogP contribution in [0.25, 0.3) is 0 Å².